The Kier molecular flexibility index (Phi) is 5.15. The van der Waals surface area contributed by atoms with Crippen LogP contribution in [-0.4, -0.2) is 36.7 Å². The monoisotopic (exact) mass is 288 g/mol. The predicted molar refractivity (Wildman–Crippen MR) is 86.7 cm³/mol. The minimum atomic E-state index is 0.716. The summed E-state index contributed by atoms with van der Waals surface area (Å²) in [6.45, 7) is 6.30. The smallest absolute Gasteiger partial charge is 0.119 e. The van der Waals surface area contributed by atoms with Gasteiger partial charge in [0.25, 0.3) is 0 Å². The Morgan fingerprint density at radius 3 is 2.71 bits per heavy atom. The first-order valence-electron chi connectivity index (χ1n) is 8.56. The van der Waals surface area contributed by atoms with Gasteiger partial charge in [-0.3, -0.25) is 4.90 Å². The van der Waals surface area contributed by atoms with Crippen molar-refractivity contribution in [1.29, 1.82) is 0 Å². The van der Waals surface area contributed by atoms with Crippen LogP contribution in [0, 0.1) is 0 Å². The largest absolute Gasteiger partial charge is 0.494 e. The van der Waals surface area contributed by atoms with Crippen molar-refractivity contribution < 1.29 is 4.74 Å². The van der Waals surface area contributed by atoms with E-state index in [0.29, 0.717) is 6.04 Å². The maximum absolute atomic E-state index is 5.53. The Hall–Kier alpha value is -1.06. The molecule has 0 radical (unpaired) electrons. The van der Waals surface area contributed by atoms with Crippen molar-refractivity contribution in [3.63, 3.8) is 0 Å². The van der Waals surface area contributed by atoms with Crippen molar-refractivity contribution in [3.05, 3.63) is 29.8 Å². The zero-order valence-electron chi connectivity index (χ0n) is 13.2. The first-order chi connectivity index (χ1) is 10.4. The second-order valence-corrected chi connectivity index (χ2v) is 6.31. The van der Waals surface area contributed by atoms with Gasteiger partial charge in [0.1, 0.15) is 5.75 Å². The molecule has 3 nitrogen and oxygen atoms in total. The van der Waals surface area contributed by atoms with Gasteiger partial charge in [0.2, 0.25) is 0 Å². The molecule has 1 aromatic rings. The molecule has 21 heavy (non-hydrogen) atoms. The van der Waals surface area contributed by atoms with E-state index in [0.717, 1.165) is 24.9 Å². The molecule has 3 rings (SSSR count). The topological polar surface area (TPSA) is 24.5 Å². The van der Waals surface area contributed by atoms with Crippen molar-refractivity contribution >= 4 is 0 Å². The van der Waals surface area contributed by atoms with E-state index >= 15 is 0 Å². The Balaban J connectivity index is 1.63. The highest BCUT2D eigenvalue weighted by Gasteiger charge is 2.31. The summed E-state index contributed by atoms with van der Waals surface area (Å²) in [7, 11) is 0. The SMILES string of the molecule is CCOc1ccc(CN2CCCCC2C2CCCN2)cc1. The summed E-state index contributed by atoms with van der Waals surface area (Å²) in [5.41, 5.74) is 1.41. The number of benzene rings is 1. The molecule has 1 aromatic carbocycles. The van der Waals surface area contributed by atoms with Gasteiger partial charge in [-0.2, -0.15) is 0 Å². The number of rotatable bonds is 5. The Morgan fingerprint density at radius 2 is 2.00 bits per heavy atom. The number of likely N-dealkylation sites (tertiary alicyclic amines) is 1. The number of ether oxygens (including phenoxy) is 1. The first-order valence-corrected chi connectivity index (χ1v) is 8.56. The number of hydrogen-bond acceptors (Lipinski definition) is 3. The molecule has 2 saturated heterocycles. The first kappa shape index (κ1) is 14.9. The Labute approximate surface area is 128 Å². The quantitative estimate of drug-likeness (QED) is 0.900. The lowest BCUT2D eigenvalue weighted by molar-refractivity contribution is 0.112. The van der Waals surface area contributed by atoms with Crippen molar-refractivity contribution in [3.8, 4) is 5.75 Å². The molecule has 2 atom stereocenters. The molecule has 2 fully saturated rings. The van der Waals surface area contributed by atoms with E-state index in [4.69, 9.17) is 4.74 Å². The van der Waals surface area contributed by atoms with Crippen LogP contribution in [0.5, 0.6) is 5.75 Å². The van der Waals surface area contributed by atoms with Crippen LogP contribution in [0.25, 0.3) is 0 Å². The molecule has 1 N–H and O–H groups in total. The molecule has 0 spiro atoms. The van der Waals surface area contributed by atoms with Gasteiger partial charge in [0, 0.05) is 18.6 Å². The molecule has 2 aliphatic heterocycles. The highest BCUT2D eigenvalue weighted by atomic mass is 16.5. The van der Waals surface area contributed by atoms with E-state index in [2.05, 4.69) is 34.5 Å². The van der Waals surface area contributed by atoms with Crippen LogP contribution in [0.1, 0.15) is 44.6 Å². The summed E-state index contributed by atoms with van der Waals surface area (Å²) in [5.74, 6) is 0.980. The molecule has 0 aliphatic carbocycles. The van der Waals surface area contributed by atoms with Gasteiger partial charge in [-0.25, -0.2) is 0 Å². The normalized spacial score (nSPS) is 26.9. The molecule has 0 amide bonds. The fraction of sp³-hybridized carbons (Fsp3) is 0.667. The third kappa shape index (κ3) is 3.78. The summed E-state index contributed by atoms with van der Waals surface area (Å²) >= 11 is 0. The predicted octanol–water partition coefficient (Wildman–Crippen LogP) is 3.19. The zero-order chi connectivity index (χ0) is 14.5. The molecule has 0 aromatic heterocycles. The molecule has 0 saturated carbocycles. The molecular weight excluding hydrogens is 260 g/mol. The van der Waals surface area contributed by atoms with Crippen LogP contribution in [-0.2, 0) is 6.54 Å². The van der Waals surface area contributed by atoms with Crippen molar-refractivity contribution in [2.75, 3.05) is 19.7 Å². The maximum atomic E-state index is 5.53. The maximum Gasteiger partial charge on any atom is 0.119 e. The van der Waals surface area contributed by atoms with Crippen molar-refractivity contribution in [1.82, 2.24) is 10.2 Å². The van der Waals surface area contributed by atoms with Gasteiger partial charge in [-0.05, 0) is 63.4 Å². The highest BCUT2D eigenvalue weighted by molar-refractivity contribution is 5.27. The van der Waals surface area contributed by atoms with Crippen molar-refractivity contribution in [2.24, 2.45) is 0 Å². The summed E-state index contributed by atoms with van der Waals surface area (Å²) < 4.78 is 5.53. The highest BCUT2D eigenvalue weighted by Crippen LogP contribution is 2.26. The van der Waals surface area contributed by atoms with Gasteiger partial charge in [-0.15, -0.1) is 0 Å². The Bertz CT molecular complexity index is 425. The van der Waals surface area contributed by atoms with E-state index in [1.807, 2.05) is 6.92 Å². The lowest BCUT2D eigenvalue weighted by atomic mass is 9.94. The van der Waals surface area contributed by atoms with Gasteiger partial charge >= 0.3 is 0 Å². The van der Waals surface area contributed by atoms with E-state index in [1.165, 1.54) is 50.8 Å². The molecule has 2 aliphatic rings. The fourth-order valence-corrected chi connectivity index (χ4v) is 3.80. The average molecular weight is 288 g/mol. The van der Waals surface area contributed by atoms with E-state index < -0.39 is 0 Å². The minimum absolute atomic E-state index is 0.716. The van der Waals surface area contributed by atoms with E-state index in [-0.39, 0.29) is 0 Å². The van der Waals surface area contributed by atoms with Gasteiger partial charge in [-0.1, -0.05) is 18.6 Å². The van der Waals surface area contributed by atoms with Crippen LogP contribution in [0.2, 0.25) is 0 Å². The zero-order valence-corrected chi connectivity index (χ0v) is 13.2. The lowest BCUT2D eigenvalue weighted by Gasteiger charge is -2.39. The average Bonchev–Trinajstić information content (AvgIpc) is 3.04. The van der Waals surface area contributed by atoms with Gasteiger partial charge < -0.3 is 10.1 Å². The lowest BCUT2D eigenvalue weighted by Crippen LogP contribution is -2.49. The minimum Gasteiger partial charge on any atom is -0.494 e. The van der Waals surface area contributed by atoms with Crippen LogP contribution in [0.4, 0.5) is 0 Å². The molecule has 3 heteroatoms. The summed E-state index contributed by atoms with van der Waals surface area (Å²) in [4.78, 5) is 2.70. The van der Waals surface area contributed by atoms with E-state index in [1.54, 1.807) is 0 Å². The standard InChI is InChI=1S/C18H28N2O/c1-2-21-16-10-8-15(9-11-16)14-20-13-4-3-7-18(20)17-6-5-12-19-17/h8-11,17-19H,2-7,12-14H2,1H3. The molecule has 0 bridgehead atoms. The number of piperidine rings is 1. The van der Waals surface area contributed by atoms with Gasteiger partial charge in [0.15, 0.2) is 0 Å². The van der Waals surface area contributed by atoms with Crippen LogP contribution < -0.4 is 10.1 Å². The molecular formula is C18H28N2O. The fourth-order valence-electron chi connectivity index (χ4n) is 3.80. The van der Waals surface area contributed by atoms with E-state index in [9.17, 15) is 0 Å². The van der Waals surface area contributed by atoms with Crippen molar-refractivity contribution in [2.45, 2.75) is 57.7 Å². The third-order valence-electron chi connectivity index (χ3n) is 4.85. The van der Waals surface area contributed by atoms with Crippen LogP contribution in [0.15, 0.2) is 24.3 Å². The van der Waals surface area contributed by atoms with Gasteiger partial charge in [0.05, 0.1) is 6.61 Å². The summed E-state index contributed by atoms with van der Waals surface area (Å²) in [6.07, 6.45) is 6.79. The molecule has 116 valence electrons. The number of nitrogens with one attached hydrogen (secondary N) is 1. The number of hydrogen-bond donors (Lipinski definition) is 1. The number of nitrogens with zero attached hydrogens (tertiary/aromatic N) is 1. The van der Waals surface area contributed by atoms with Crippen LogP contribution in [0.3, 0.4) is 0 Å². The van der Waals surface area contributed by atoms with Crippen LogP contribution >= 0.6 is 0 Å². The third-order valence-corrected chi connectivity index (χ3v) is 4.85. The summed E-state index contributed by atoms with van der Waals surface area (Å²) in [6, 6.07) is 10.1. The summed E-state index contributed by atoms with van der Waals surface area (Å²) in [5, 5.41) is 3.71. The molecule has 2 unspecified atom stereocenters. The molecule has 2 heterocycles. The second-order valence-electron chi connectivity index (χ2n) is 6.31. The second kappa shape index (κ2) is 7.28. The Morgan fingerprint density at radius 1 is 1.14 bits per heavy atom.